The van der Waals surface area contributed by atoms with Crippen molar-refractivity contribution in [1.82, 2.24) is 0 Å². The van der Waals surface area contributed by atoms with Crippen LogP contribution in [0.1, 0.15) is 57.1 Å². The van der Waals surface area contributed by atoms with Crippen LogP contribution >= 0.6 is 0 Å². The Bertz CT molecular complexity index is 410. The lowest BCUT2D eigenvalue weighted by atomic mass is 9.73. The normalized spacial score (nSPS) is 27.7. The molecule has 1 fully saturated rings. The van der Waals surface area contributed by atoms with E-state index in [1.165, 1.54) is 30.4 Å². The molecule has 0 spiro atoms. The van der Waals surface area contributed by atoms with Crippen molar-refractivity contribution in [2.75, 3.05) is 0 Å². The quantitative estimate of drug-likeness (QED) is 0.844. The lowest BCUT2D eigenvalue weighted by Crippen LogP contribution is -2.37. The van der Waals surface area contributed by atoms with E-state index in [-0.39, 0.29) is 0 Å². The summed E-state index contributed by atoms with van der Waals surface area (Å²) in [6, 6.07) is 8.58. The smallest absolute Gasteiger partial charge is 0.0690 e. The van der Waals surface area contributed by atoms with E-state index < -0.39 is 5.60 Å². The van der Waals surface area contributed by atoms with E-state index in [9.17, 15) is 5.11 Å². The van der Waals surface area contributed by atoms with Gasteiger partial charge < -0.3 is 5.11 Å². The number of rotatable bonds is 4. The van der Waals surface area contributed by atoms with Gasteiger partial charge in [0.05, 0.1) is 5.60 Å². The monoisotopic (exact) mass is 260 g/mol. The molecule has 2 rings (SSSR count). The summed E-state index contributed by atoms with van der Waals surface area (Å²) in [6.45, 7) is 6.69. The molecule has 1 aliphatic carbocycles. The Morgan fingerprint density at radius 2 is 2.16 bits per heavy atom. The maximum atomic E-state index is 10.9. The summed E-state index contributed by atoms with van der Waals surface area (Å²) in [4.78, 5) is 0. The second-order valence-corrected chi connectivity index (χ2v) is 6.98. The fourth-order valence-corrected chi connectivity index (χ4v) is 3.69. The molecule has 0 radical (unpaired) electrons. The van der Waals surface area contributed by atoms with Gasteiger partial charge in [0.25, 0.3) is 0 Å². The number of aryl methyl sites for hydroxylation is 1. The molecule has 106 valence electrons. The zero-order valence-corrected chi connectivity index (χ0v) is 12.7. The fourth-order valence-electron chi connectivity index (χ4n) is 3.69. The Morgan fingerprint density at radius 1 is 1.37 bits per heavy atom. The first-order valence-electron chi connectivity index (χ1n) is 7.75. The van der Waals surface area contributed by atoms with Crippen molar-refractivity contribution >= 4 is 0 Å². The van der Waals surface area contributed by atoms with Gasteiger partial charge in [0.2, 0.25) is 0 Å². The minimum absolute atomic E-state index is 0.467. The van der Waals surface area contributed by atoms with E-state index in [1.54, 1.807) is 0 Å². The third kappa shape index (κ3) is 4.35. The van der Waals surface area contributed by atoms with Gasteiger partial charge in [0, 0.05) is 6.42 Å². The molecule has 0 aliphatic heterocycles. The fraction of sp³-hybridized carbons (Fsp3) is 0.667. The number of aliphatic hydroxyl groups is 1. The molecule has 1 aromatic carbocycles. The predicted molar refractivity (Wildman–Crippen MR) is 81.2 cm³/mol. The topological polar surface area (TPSA) is 20.2 Å². The molecule has 2 atom stereocenters. The Kier molecular flexibility index (Phi) is 4.67. The average Bonchev–Trinajstić information content (AvgIpc) is 2.27. The van der Waals surface area contributed by atoms with Gasteiger partial charge in [-0.15, -0.1) is 0 Å². The molecule has 2 unspecified atom stereocenters. The summed E-state index contributed by atoms with van der Waals surface area (Å²) in [5, 5.41) is 10.9. The number of hydrogen-bond donors (Lipinski definition) is 1. The van der Waals surface area contributed by atoms with Crippen molar-refractivity contribution in [2.45, 2.75) is 64.9 Å². The van der Waals surface area contributed by atoms with Crippen LogP contribution in [0.2, 0.25) is 0 Å². The largest absolute Gasteiger partial charge is 0.390 e. The molecule has 1 saturated carbocycles. The zero-order valence-electron chi connectivity index (χ0n) is 12.7. The van der Waals surface area contributed by atoms with Crippen LogP contribution in [0.3, 0.4) is 0 Å². The molecule has 1 N–H and O–H groups in total. The standard InChI is InChI=1S/C18H28O/c1-14(2)10-16-8-5-9-18(19,12-16)13-17-7-4-6-15(3)11-17/h4,6-7,11,14,16,19H,5,8-10,12-13H2,1-3H3. The molecule has 0 amide bonds. The maximum absolute atomic E-state index is 10.9. The summed E-state index contributed by atoms with van der Waals surface area (Å²) in [7, 11) is 0. The number of benzene rings is 1. The van der Waals surface area contributed by atoms with Crippen LogP contribution < -0.4 is 0 Å². The molecule has 0 bridgehead atoms. The van der Waals surface area contributed by atoms with Crippen molar-refractivity contribution < 1.29 is 5.11 Å². The van der Waals surface area contributed by atoms with Crippen molar-refractivity contribution in [3.8, 4) is 0 Å². The van der Waals surface area contributed by atoms with Crippen LogP contribution in [0.25, 0.3) is 0 Å². The predicted octanol–water partition coefficient (Wildman–Crippen LogP) is 4.50. The lowest BCUT2D eigenvalue weighted by Gasteiger charge is -2.37. The van der Waals surface area contributed by atoms with Gasteiger partial charge in [-0.25, -0.2) is 0 Å². The molecule has 0 aromatic heterocycles. The molecule has 0 heterocycles. The van der Waals surface area contributed by atoms with Crippen LogP contribution in [-0.2, 0) is 6.42 Å². The summed E-state index contributed by atoms with van der Waals surface area (Å²) in [5.74, 6) is 1.45. The summed E-state index contributed by atoms with van der Waals surface area (Å²) >= 11 is 0. The van der Waals surface area contributed by atoms with Gasteiger partial charge >= 0.3 is 0 Å². The number of hydrogen-bond acceptors (Lipinski definition) is 1. The molecule has 1 heteroatoms. The molecular formula is C18H28O. The SMILES string of the molecule is Cc1cccc(CC2(O)CCCC(CC(C)C)C2)c1. The first-order valence-corrected chi connectivity index (χ1v) is 7.75. The summed E-state index contributed by atoms with van der Waals surface area (Å²) in [6.07, 6.45) is 6.52. The van der Waals surface area contributed by atoms with E-state index >= 15 is 0 Å². The van der Waals surface area contributed by atoms with Gasteiger partial charge in [-0.1, -0.05) is 56.5 Å². The maximum Gasteiger partial charge on any atom is 0.0690 e. The van der Waals surface area contributed by atoms with Gasteiger partial charge in [-0.2, -0.15) is 0 Å². The molecule has 19 heavy (non-hydrogen) atoms. The Hall–Kier alpha value is -0.820. The molecule has 1 aromatic rings. The van der Waals surface area contributed by atoms with Gasteiger partial charge in [-0.05, 0) is 43.6 Å². The van der Waals surface area contributed by atoms with E-state index in [0.29, 0.717) is 5.92 Å². The van der Waals surface area contributed by atoms with Crippen LogP contribution in [-0.4, -0.2) is 10.7 Å². The third-order valence-corrected chi connectivity index (χ3v) is 4.34. The second kappa shape index (κ2) is 6.09. The summed E-state index contributed by atoms with van der Waals surface area (Å²) in [5.41, 5.74) is 2.11. The highest BCUT2D eigenvalue weighted by Crippen LogP contribution is 2.37. The molecular weight excluding hydrogens is 232 g/mol. The third-order valence-electron chi connectivity index (χ3n) is 4.34. The Labute approximate surface area is 118 Å². The van der Waals surface area contributed by atoms with Crippen molar-refractivity contribution in [3.05, 3.63) is 35.4 Å². The van der Waals surface area contributed by atoms with Gasteiger partial charge in [-0.3, -0.25) is 0 Å². The van der Waals surface area contributed by atoms with Gasteiger partial charge in [0.15, 0.2) is 0 Å². The molecule has 1 aliphatic rings. The average molecular weight is 260 g/mol. The van der Waals surface area contributed by atoms with Crippen molar-refractivity contribution in [1.29, 1.82) is 0 Å². The highest BCUT2D eigenvalue weighted by molar-refractivity contribution is 5.23. The first kappa shape index (κ1) is 14.6. The Balaban J connectivity index is 2.01. The van der Waals surface area contributed by atoms with Crippen LogP contribution in [0.4, 0.5) is 0 Å². The van der Waals surface area contributed by atoms with E-state index in [4.69, 9.17) is 0 Å². The van der Waals surface area contributed by atoms with E-state index in [0.717, 1.165) is 25.2 Å². The highest BCUT2D eigenvalue weighted by Gasteiger charge is 2.34. The molecule has 1 nitrogen and oxygen atoms in total. The highest BCUT2D eigenvalue weighted by atomic mass is 16.3. The zero-order chi connectivity index (χ0) is 13.9. The Morgan fingerprint density at radius 3 is 2.84 bits per heavy atom. The minimum atomic E-state index is -0.467. The van der Waals surface area contributed by atoms with Crippen LogP contribution in [0.5, 0.6) is 0 Å². The van der Waals surface area contributed by atoms with Gasteiger partial charge in [0.1, 0.15) is 0 Å². The minimum Gasteiger partial charge on any atom is -0.390 e. The molecule has 0 saturated heterocycles. The van der Waals surface area contributed by atoms with Crippen LogP contribution in [0.15, 0.2) is 24.3 Å². The van der Waals surface area contributed by atoms with Crippen molar-refractivity contribution in [2.24, 2.45) is 11.8 Å². The van der Waals surface area contributed by atoms with Crippen LogP contribution in [0, 0.1) is 18.8 Å². The van der Waals surface area contributed by atoms with E-state index in [2.05, 4.69) is 45.0 Å². The second-order valence-electron chi connectivity index (χ2n) is 6.98. The lowest BCUT2D eigenvalue weighted by molar-refractivity contribution is -0.0189. The first-order chi connectivity index (χ1) is 8.97. The van der Waals surface area contributed by atoms with E-state index in [1.807, 2.05) is 0 Å². The summed E-state index contributed by atoms with van der Waals surface area (Å²) < 4.78 is 0. The van der Waals surface area contributed by atoms with Crippen molar-refractivity contribution in [3.63, 3.8) is 0 Å².